The van der Waals surface area contributed by atoms with E-state index in [1.807, 2.05) is 36.5 Å². The summed E-state index contributed by atoms with van der Waals surface area (Å²) >= 11 is 0. The van der Waals surface area contributed by atoms with Gasteiger partial charge in [0.1, 0.15) is 5.82 Å². The molecule has 2 heterocycles. The summed E-state index contributed by atoms with van der Waals surface area (Å²) in [5, 5.41) is 14.6. The van der Waals surface area contributed by atoms with Gasteiger partial charge >= 0.3 is 0 Å². The SMILES string of the molecule is Cc1cnn(C2CCC(NC(=O)Cc3nc(-c4ccccc4)n[nH]3)CC2)c1. The van der Waals surface area contributed by atoms with Gasteiger partial charge in [0.2, 0.25) is 5.91 Å². The second kappa shape index (κ2) is 7.73. The smallest absolute Gasteiger partial charge is 0.227 e. The highest BCUT2D eigenvalue weighted by atomic mass is 16.1. The Morgan fingerprint density at radius 1 is 1.22 bits per heavy atom. The molecule has 2 N–H and O–H groups in total. The van der Waals surface area contributed by atoms with E-state index >= 15 is 0 Å². The van der Waals surface area contributed by atoms with Crippen LogP contribution < -0.4 is 5.32 Å². The second-order valence-electron chi connectivity index (χ2n) is 7.22. The minimum Gasteiger partial charge on any atom is -0.353 e. The number of benzene rings is 1. The maximum absolute atomic E-state index is 12.4. The first-order valence-corrected chi connectivity index (χ1v) is 9.44. The van der Waals surface area contributed by atoms with Gasteiger partial charge in [0.25, 0.3) is 0 Å². The zero-order valence-corrected chi connectivity index (χ0v) is 15.4. The first-order valence-electron chi connectivity index (χ1n) is 9.44. The van der Waals surface area contributed by atoms with E-state index in [9.17, 15) is 4.79 Å². The third-order valence-corrected chi connectivity index (χ3v) is 5.06. The van der Waals surface area contributed by atoms with Gasteiger partial charge in [-0.15, -0.1) is 0 Å². The topological polar surface area (TPSA) is 88.5 Å². The molecule has 0 saturated heterocycles. The molecule has 1 fully saturated rings. The van der Waals surface area contributed by atoms with Gasteiger partial charge in [-0.3, -0.25) is 14.6 Å². The van der Waals surface area contributed by atoms with E-state index in [-0.39, 0.29) is 18.4 Å². The van der Waals surface area contributed by atoms with Gasteiger partial charge in [0.15, 0.2) is 5.82 Å². The Bertz CT molecular complexity index is 892. The number of hydrogen-bond donors (Lipinski definition) is 2. The lowest BCUT2D eigenvalue weighted by Crippen LogP contribution is -2.39. The molecule has 1 saturated carbocycles. The molecule has 0 radical (unpaired) electrons. The Morgan fingerprint density at radius 2 is 2.00 bits per heavy atom. The summed E-state index contributed by atoms with van der Waals surface area (Å²) in [5.41, 5.74) is 2.12. The molecule has 7 nitrogen and oxygen atoms in total. The van der Waals surface area contributed by atoms with E-state index in [0.29, 0.717) is 17.7 Å². The summed E-state index contributed by atoms with van der Waals surface area (Å²) in [6.45, 7) is 2.06. The van der Waals surface area contributed by atoms with Crippen LogP contribution in [0.2, 0.25) is 0 Å². The Hall–Kier alpha value is -2.96. The largest absolute Gasteiger partial charge is 0.353 e. The molecule has 0 aliphatic heterocycles. The van der Waals surface area contributed by atoms with Crippen LogP contribution in [0, 0.1) is 6.92 Å². The normalized spacial score (nSPS) is 19.7. The number of carbonyl (C=O) groups excluding carboxylic acids is 1. The van der Waals surface area contributed by atoms with Crippen molar-refractivity contribution in [2.24, 2.45) is 0 Å². The van der Waals surface area contributed by atoms with Crippen LogP contribution in [0.1, 0.15) is 43.1 Å². The minimum atomic E-state index is -0.0101. The highest BCUT2D eigenvalue weighted by molar-refractivity contribution is 5.78. The standard InChI is InChI=1S/C20H24N6O/c1-14-12-21-26(13-14)17-9-7-16(8-10-17)22-19(27)11-18-23-20(25-24-18)15-5-3-2-4-6-15/h2-6,12-13,16-17H,7-11H2,1H3,(H,22,27)(H,23,24,25). The van der Waals surface area contributed by atoms with Crippen LogP contribution in [0.15, 0.2) is 42.7 Å². The quantitative estimate of drug-likeness (QED) is 0.729. The Morgan fingerprint density at radius 3 is 2.70 bits per heavy atom. The molecule has 1 aliphatic carbocycles. The molecular weight excluding hydrogens is 340 g/mol. The predicted octanol–water partition coefficient (Wildman–Crippen LogP) is 2.82. The van der Waals surface area contributed by atoms with Crippen molar-refractivity contribution in [3.8, 4) is 11.4 Å². The van der Waals surface area contributed by atoms with Crippen molar-refractivity contribution in [2.45, 2.75) is 51.1 Å². The molecule has 27 heavy (non-hydrogen) atoms. The molecular formula is C20H24N6O. The van der Waals surface area contributed by atoms with Crippen molar-refractivity contribution < 1.29 is 4.79 Å². The number of amides is 1. The van der Waals surface area contributed by atoms with Gasteiger partial charge in [-0.1, -0.05) is 30.3 Å². The maximum Gasteiger partial charge on any atom is 0.227 e. The Balaban J connectivity index is 1.27. The molecule has 0 atom stereocenters. The number of rotatable bonds is 5. The van der Waals surface area contributed by atoms with Crippen molar-refractivity contribution in [1.82, 2.24) is 30.3 Å². The molecule has 7 heteroatoms. The molecule has 2 aromatic heterocycles. The fourth-order valence-electron chi connectivity index (χ4n) is 3.64. The summed E-state index contributed by atoms with van der Waals surface area (Å²) in [6, 6.07) is 10.4. The molecule has 1 amide bonds. The number of carbonyl (C=O) groups is 1. The van der Waals surface area contributed by atoms with Gasteiger partial charge in [-0.25, -0.2) is 4.98 Å². The lowest BCUT2D eigenvalue weighted by molar-refractivity contribution is -0.121. The Labute approximate surface area is 158 Å². The lowest BCUT2D eigenvalue weighted by atomic mass is 9.91. The number of aromatic nitrogens is 5. The van der Waals surface area contributed by atoms with Crippen LogP contribution in [0.25, 0.3) is 11.4 Å². The summed E-state index contributed by atoms with van der Waals surface area (Å²) in [6.07, 6.45) is 8.23. The fraction of sp³-hybridized carbons (Fsp3) is 0.400. The Kier molecular flexibility index (Phi) is 5.00. The van der Waals surface area contributed by atoms with Gasteiger partial charge < -0.3 is 5.32 Å². The van der Waals surface area contributed by atoms with Crippen molar-refractivity contribution in [3.63, 3.8) is 0 Å². The van der Waals surface area contributed by atoms with E-state index in [4.69, 9.17) is 0 Å². The van der Waals surface area contributed by atoms with Crippen LogP contribution in [0.4, 0.5) is 0 Å². The number of H-pyrrole nitrogens is 1. The highest BCUT2D eigenvalue weighted by Crippen LogP contribution is 2.28. The first kappa shape index (κ1) is 17.5. The lowest BCUT2D eigenvalue weighted by Gasteiger charge is -2.29. The zero-order chi connectivity index (χ0) is 18.6. The molecule has 0 unspecified atom stereocenters. The van der Waals surface area contributed by atoms with Crippen LogP contribution in [0.3, 0.4) is 0 Å². The molecule has 0 bridgehead atoms. The summed E-state index contributed by atoms with van der Waals surface area (Å²) < 4.78 is 2.06. The van der Waals surface area contributed by atoms with E-state index in [0.717, 1.165) is 31.2 Å². The second-order valence-corrected chi connectivity index (χ2v) is 7.22. The molecule has 0 spiro atoms. The summed E-state index contributed by atoms with van der Waals surface area (Å²) in [4.78, 5) is 16.8. The summed E-state index contributed by atoms with van der Waals surface area (Å²) in [5.74, 6) is 1.20. The molecule has 3 aromatic rings. The molecule has 140 valence electrons. The monoisotopic (exact) mass is 364 g/mol. The molecule has 4 rings (SSSR count). The zero-order valence-electron chi connectivity index (χ0n) is 15.4. The van der Waals surface area contributed by atoms with E-state index < -0.39 is 0 Å². The van der Waals surface area contributed by atoms with Crippen molar-refractivity contribution >= 4 is 5.91 Å². The number of aromatic amines is 1. The number of hydrogen-bond acceptors (Lipinski definition) is 4. The molecule has 1 aromatic carbocycles. The van der Waals surface area contributed by atoms with Crippen LogP contribution in [-0.2, 0) is 11.2 Å². The average Bonchev–Trinajstić information content (AvgIpc) is 3.32. The predicted molar refractivity (Wildman–Crippen MR) is 102 cm³/mol. The highest BCUT2D eigenvalue weighted by Gasteiger charge is 2.24. The van der Waals surface area contributed by atoms with Gasteiger partial charge in [-0.05, 0) is 38.2 Å². The van der Waals surface area contributed by atoms with Gasteiger partial charge in [0, 0.05) is 17.8 Å². The summed E-state index contributed by atoms with van der Waals surface area (Å²) in [7, 11) is 0. The number of aryl methyl sites for hydroxylation is 1. The van der Waals surface area contributed by atoms with Crippen LogP contribution >= 0.6 is 0 Å². The van der Waals surface area contributed by atoms with E-state index in [1.165, 1.54) is 5.56 Å². The van der Waals surface area contributed by atoms with Crippen molar-refractivity contribution in [1.29, 1.82) is 0 Å². The number of nitrogens with one attached hydrogen (secondary N) is 2. The minimum absolute atomic E-state index is 0.0101. The van der Waals surface area contributed by atoms with Gasteiger partial charge in [-0.2, -0.15) is 10.2 Å². The first-order chi connectivity index (χ1) is 13.2. The van der Waals surface area contributed by atoms with Crippen LogP contribution in [0.5, 0.6) is 0 Å². The maximum atomic E-state index is 12.4. The number of nitrogens with zero attached hydrogens (tertiary/aromatic N) is 4. The van der Waals surface area contributed by atoms with Gasteiger partial charge in [0.05, 0.1) is 18.7 Å². The van der Waals surface area contributed by atoms with E-state index in [2.05, 4.69) is 43.4 Å². The van der Waals surface area contributed by atoms with E-state index in [1.54, 1.807) is 0 Å². The van der Waals surface area contributed by atoms with Crippen molar-refractivity contribution in [2.75, 3.05) is 0 Å². The van der Waals surface area contributed by atoms with Crippen molar-refractivity contribution in [3.05, 3.63) is 54.1 Å². The third kappa shape index (κ3) is 4.24. The fourth-order valence-corrected chi connectivity index (χ4v) is 3.64. The average molecular weight is 364 g/mol. The van der Waals surface area contributed by atoms with Crippen LogP contribution in [-0.4, -0.2) is 36.9 Å². The third-order valence-electron chi connectivity index (χ3n) is 5.06. The molecule has 1 aliphatic rings.